The molecule has 1 aromatic rings. The molecule has 0 aliphatic heterocycles. The highest BCUT2D eigenvalue weighted by Crippen LogP contribution is 2.18. The molecule has 0 aliphatic carbocycles. The second-order valence-corrected chi connectivity index (χ2v) is 3.47. The molecule has 1 rings (SSSR count). The van der Waals surface area contributed by atoms with Gasteiger partial charge in [0.1, 0.15) is 6.04 Å². The molecule has 0 saturated carbocycles. The van der Waals surface area contributed by atoms with E-state index in [1.807, 2.05) is 13.0 Å². The molecule has 14 heavy (non-hydrogen) atoms. The Bertz CT molecular complexity index is 363. The zero-order valence-electron chi connectivity index (χ0n) is 8.07. The Hall–Kier alpha value is -1.22. The molecule has 0 fully saturated rings. The van der Waals surface area contributed by atoms with Crippen molar-refractivity contribution in [3.63, 3.8) is 0 Å². The molecule has 0 aliphatic rings. The maximum atomic E-state index is 10.3. The van der Waals surface area contributed by atoms with E-state index in [4.69, 9.17) is 11.6 Å². The summed E-state index contributed by atoms with van der Waals surface area (Å²) in [6.07, 6.45) is 5.07. The summed E-state index contributed by atoms with van der Waals surface area (Å²) in [6, 6.07) is 1.47. The molecule has 1 unspecified atom stereocenters. The molecule has 3 nitrogen and oxygen atoms in total. The highest BCUT2D eigenvalue weighted by atomic mass is 35.5. The first-order chi connectivity index (χ1) is 6.65. The van der Waals surface area contributed by atoms with Crippen LogP contribution in [0.2, 0.25) is 5.02 Å². The van der Waals surface area contributed by atoms with Gasteiger partial charge in [0.25, 0.3) is 0 Å². The van der Waals surface area contributed by atoms with Crippen molar-refractivity contribution >= 4 is 17.7 Å². The van der Waals surface area contributed by atoms with Gasteiger partial charge in [-0.1, -0.05) is 22.9 Å². The van der Waals surface area contributed by atoms with Crippen LogP contribution in [0, 0.1) is 4.91 Å². The van der Waals surface area contributed by atoms with Gasteiger partial charge >= 0.3 is 0 Å². The van der Waals surface area contributed by atoms with Crippen LogP contribution in [-0.2, 0) is 0 Å². The molecule has 0 saturated heterocycles. The molecule has 1 aromatic heterocycles. The van der Waals surface area contributed by atoms with Crippen molar-refractivity contribution in [3.8, 4) is 0 Å². The monoisotopic (exact) mass is 210 g/mol. The fourth-order valence-corrected chi connectivity index (χ4v) is 1.13. The SMILES string of the molecule is CC(=Cc1ccncc1Cl)C(C)N=O. The maximum absolute atomic E-state index is 10.3. The van der Waals surface area contributed by atoms with Crippen molar-refractivity contribution in [1.29, 1.82) is 0 Å². The largest absolute Gasteiger partial charge is 0.263 e. The normalized spacial score (nSPS) is 13.8. The molecule has 74 valence electrons. The zero-order valence-corrected chi connectivity index (χ0v) is 8.82. The molecule has 1 heterocycles. The first-order valence-electron chi connectivity index (χ1n) is 4.25. The van der Waals surface area contributed by atoms with Crippen molar-refractivity contribution in [3.05, 3.63) is 39.5 Å². The summed E-state index contributed by atoms with van der Waals surface area (Å²) in [6.45, 7) is 3.59. The Balaban J connectivity index is 2.97. The van der Waals surface area contributed by atoms with Gasteiger partial charge in [0.15, 0.2) is 0 Å². The van der Waals surface area contributed by atoms with Crippen LogP contribution in [0.1, 0.15) is 19.4 Å². The number of rotatable bonds is 3. The first kappa shape index (κ1) is 10.9. The number of nitrogens with zero attached hydrogens (tertiary/aromatic N) is 2. The minimum Gasteiger partial charge on any atom is -0.263 e. The summed E-state index contributed by atoms with van der Waals surface area (Å²) in [5.41, 5.74) is 1.74. The van der Waals surface area contributed by atoms with E-state index < -0.39 is 0 Å². The fourth-order valence-electron chi connectivity index (χ4n) is 0.952. The molecule has 0 N–H and O–H groups in total. The molecule has 1 atom stereocenters. The van der Waals surface area contributed by atoms with Crippen LogP contribution in [-0.4, -0.2) is 11.0 Å². The number of pyridine rings is 1. The Kier molecular flexibility index (Phi) is 3.77. The third kappa shape index (κ3) is 2.64. The van der Waals surface area contributed by atoms with E-state index in [-0.39, 0.29) is 6.04 Å². The van der Waals surface area contributed by atoms with Crippen LogP contribution in [0.15, 0.2) is 29.2 Å². The molecule has 0 spiro atoms. The minimum absolute atomic E-state index is 0.320. The second-order valence-electron chi connectivity index (χ2n) is 3.07. The van der Waals surface area contributed by atoms with Gasteiger partial charge in [-0.05, 0) is 31.1 Å². The predicted octanol–water partition coefficient (Wildman–Crippen LogP) is 3.29. The maximum Gasteiger partial charge on any atom is 0.110 e. The fraction of sp³-hybridized carbons (Fsp3) is 0.300. The van der Waals surface area contributed by atoms with Gasteiger partial charge < -0.3 is 0 Å². The molecule has 0 aromatic carbocycles. The highest BCUT2D eigenvalue weighted by Gasteiger charge is 2.04. The smallest absolute Gasteiger partial charge is 0.110 e. The summed E-state index contributed by atoms with van der Waals surface area (Å²) in [7, 11) is 0. The molecular formula is C10H11ClN2O. The average molecular weight is 211 g/mol. The summed E-state index contributed by atoms with van der Waals surface area (Å²) in [5, 5.41) is 3.51. The summed E-state index contributed by atoms with van der Waals surface area (Å²) < 4.78 is 0. The topological polar surface area (TPSA) is 42.3 Å². The first-order valence-corrected chi connectivity index (χ1v) is 4.63. The van der Waals surface area contributed by atoms with Crippen molar-refractivity contribution in [2.24, 2.45) is 5.18 Å². The van der Waals surface area contributed by atoms with E-state index in [0.717, 1.165) is 11.1 Å². The number of halogens is 1. The molecule has 0 amide bonds. The van der Waals surface area contributed by atoms with Gasteiger partial charge in [-0.25, -0.2) is 0 Å². The van der Waals surface area contributed by atoms with Crippen molar-refractivity contribution in [1.82, 2.24) is 4.98 Å². The van der Waals surface area contributed by atoms with Crippen LogP contribution in [0.3, 0.4) is 0 Å². The van der Waals surface area contributed by atoms with E-state index >= 15 is 0 Å². The number of aromatic nitrogens is 1. The molecule has 0 bridgehead atoms. The van der Waals surface area contributed by atoms with E-state index in [2.05, 4.69) is 10.2 Å². The molecule has 0 radical (unpaired) electrons. The van der Waals surface area contributed by atoms with Crippen LogP contribution in [0.4, 0.5) is 0 Å². The number of hydrogen-bond acceptors (Lipinski definition) is 3. The lowest BCUT2D eigenvalue weighted by Crippen LogP contribution is -1.97. The summed E-state index contributed by atoms with van der Waals surface area (Å²) in [4.78, 5) is 14.2. The van der Waals surface area contributed by atoms with Crippen molar-refractivity contribution in [2.45, 2.75) is 19.9 Å². The van der Waals surface area contributed by atoms with Gasteiger partial charge in [0, 0.05) is 12.4 Å². The molecule has 4 heteroatoms. The van der Waals surface area contributed by atoms with Gasteiger partial charge in [0.2, 0.25) is 0 Å². The molecular weight excluding hydrogens is 200 g/mol. The van der Waals surface area contributed by atoms with E-state index in [9.17, 15) is 4.91 Å². The van der Waals surface area contributed by atoms with Crippen LogP contribution in [0.5, 0.6) is 0 Å². The summed E-state index contributed by atoms with van der Waals surface area (Å²) >= 11 is 5.90. The minimum atomic E-state index is -0.320. The third-order valence-electron chi connectivity index (χ3n) is 2.00. The van der Waals surface area contributed by atoms with E-state index in [1.54, 1.807) is 25.4 Å². The van der Waals surface area contributed by atoms with Crippen molar-refractivity contribution in [2.75, 3.05) is 0 Å². The van der Waals surface area contributed by atoms with E-state index in [0.29, 0.717) is 5.02 Å². The Morgan fingerprint density at radius 1 is 1.71 bits per heavy atom. The highest BCUT2D eigenvalue weighted by molar-refractivity contribution is 6.31. The quantitative estimate of drug-likeness (QED) is 0.719. The lowest BCUT2D eigenvalue weighted by atomic mass is 10.1. The predicted molar refractivity (Wildman–Crippen MR) is 58.2 cm³/mol. The van der Waals surface area contributed by atoms with Crippen LogP contribution >= 0.6 is 11.6 Å². The second kappa shape index (κ2) is 4.86. The Labute approximate surface area is 87.8 Å². The summed E-state index contributed by atoms with van der Waals surface area (Å²) in [5.74, 6) is 0. The van der Waals surface area contributed by atoms with Gasteiger partial charge in [0.05, 0.1) is 5.02 Å². The van der Waals surface area contributed by atoms with Crippen LogP contribution in [0.25, 0.3) is 6.08 Å². The lowest BCUT2D eigenvalue weighted by molar-refractivity contribution is 0.860. The van der Waals surface area contributed by atoms with Gasteiger partial charge in [-0.15, -0.1) is 0 Å². The van der Waals surface area contributed by atoms with Crippen molar-refractivity contribution < 1.29 is 0 Å². The number of nitroso groups, excluding NO2 is 1. The Morgan fingerprint density at radius 2 is 2.43 bits per heavy atom. The lowest BCUT2D eigenvalue weighted by Gasteiger charge is -2.03. The zero-order chi connectivity index (χ0) is 10.6. The average Bonchev–Trinajstić information content (AvgIpc) is 2.20. The number of hydrogen-bond donors (Lipinski definition) is 0. The van der Waals surface area contributed by atoms with Gasteiger partial charge in [-0.2, -0.15) is 4.91 Å². The van der Waals surface area contributed by atoms with Gasteiger partial charge in [-0.3, -0.25) is 4.98 Å². The van der Waals surface area contributed by atoms with E-state index in [1.165, 1.54) is 0 Å². The standard InChI is InChI=1S/C10H11ClN2O/c1-7(8(2)13-14)5-9-3-4-12-6-10(9)11/h3-6,8H,1-2H3. The van der Waals surface area contributed by atoms with Crippen LogP contribution < -0.4 is 0 Å². The Morgan fingerprint density at radius 3 is 3.00 bits per heavy atom. The third-order valence-corrected chi connectivity index (χ3v) is 2.32.